The van der Waals surface area contributed by atoms with E-state index in [2.05, 4.69) is 28.4 Å². The fraction of sp³-hybridized carbons (Fsp3) is 0.278. The first-order chi connectivity index (χ1) is 11.0. The van der Waals surface area contributed by atoms with Crippen LogP contribution in [0, 0.1) is 6.92 Å². The zero-order chi connectivity index (χ0) is 16.4. The van der Waals surface area contributed by atoms with Gasteiger partial charge in [-0.05, 0) is 36.1 Å². The topological polar surface area (TPSA) is 32.3 Å². The Bertz CT molecular complexity index is 746. The molecule has 2 aromatic rings. The number of nitrogens with zero attached hydrogens (tertiary/aromatic N) is 1. The summed E-state index contributed by atoms with van der Waals surface area (Å²) in [5.74, 6) is -0.0984. The van der Waals surface area contributed by atoms with E-state index < -0.39 is 0 Å². The second-order valence-corrected chi connectivity index (χ2v) is 6.62. The van der Waals surface area contributed by atoms with E-state index in [1.54, 1.807) is 6.07 Å². The number of fused-ring (bicyclic) bond motifs is 1. The molecule has 1 aliphatic rings. The number of halogens is 2. The SMILES string of the molecule is Cc1ccc(Cl)c(NC(=O)CN2CCc3ccccc3C2)c1Cl. The van der Waals surface area contributed by atoms with E-state index in [4.69, 9.17) is 23.2 Å². The monoisotopic (exact) mass is 348 g/mol. The largest absolute Gasteiger partial charge is 0.322 e. The van der Waals surface area contributed by atoms with Crippen LogP contribution in [-0.4, -0.2) is 23.9 Å². The average molecular weight is 349 g/mol. The lowest BCUT2D eigenvalue weighted by Crippen LogP contribution is -2.37. The van der Waals surface area contributed by atoms with Gasteiger partial charge in [-0.1, -0.05) is 53.5 Å². The number of anilines is 1. The minimum Gasteiger partial charge on any atom is -0.322 e. The van der Waals surface area contributed by atoms with Crippen LogP contribution in [0.1, 0.15) is 16.7 Å². The van der Waals surface area contributed by atoms with Crippen molar-refractivity contribution in [3.8, 4) is 0 Å². The van der Waals surface area contributed by atoms with Gasteiger partial charge in [0.1, 0.15) is 0 Å². The van der Waals surface area contributed by atoms with Crippen molar-refractivity contribution < 1.29 is 4.79 Å². The maximum Gasteiger partial charge on any atom is 0.238 e. The molecule has 0 radical (unpaired) electrons. The van der Waals surface area contributed by atoms with Gasteiger partial charge in [-0.3, -0.25) is 9.69 Å². The summed E-state index contributed by atoms with van der Waals surface area (Å²) >= 11 is 12.4. The zero-order valence-corrected chi connectivity index (χ0v) is 14.4. The summed E-state index contributed by atoms with van der Waals surface area (Å²) in [5, 5.41) is 3.80. The molecule has 3 nitrogen and oxygen atoms in total. The molecule has 0 saturated carbocycles. The van der Waals surface area contributed by atoms with Crippen LogP contribution in [-0.2, 0) is 17.8 Å². The van der Waals surface area contributed by atoms with E-state index in [9.17, 15) is 4.79 Å². The third kappa shape index (κ3) is 3.69. The fourth-order valence-electron chi connectivity index (χ4n) is 2.84. The van der Waals surface area contributed by atoms with Crippen molar-refractivity contribution in [3.05, 3.63) is 63.1 Å². The van der Waals surface area contributed by atoms with Gasteiger partial charge in [0.05, 0.1) is 22.3 Å². The minimum atomic E-state index is -0.0984. The first kappa shape index (κ1) is 16.3. The molecule has 23 heavy (non-hydrogen) atoms. The summed E-state index contributed by atoms with van der Waals surface area (Å²) in [7, 11) is 0. The van der Waals surface area contributed by atoms with E-state index >= 15 is 0 Å². The summed E-state index contributed by atoms with van der Waals surface area (Å²) in [4.78, 5) is 14.5. The molecule has 0 unspecified atom stereocenters. The van der Waals surface area contributed by atoms with E-state index in [0.29, 0.717) is 22.3 Å². The summed E-state index contributed by atoms with van der Waals surface area (Å²) in [6, 6.07) is 11.9. The quantitative estimate of drug-likeness (QED) is 0.896. The Morgan fingerprint density at radius 3 is 2.70 bits per heavy atom. The van der Waals surface area contributed by atoms with E-state index in [1.807, 2.05) is 19.1 Å². The lowest BCUT2D eigenvalue weighted by atomic mass is 10.00. The molecular formula is C18H18Cl2N2O. The van der Waals surface area contributed by atoms with Crippen molar-refractivity contribution in [2.24, 2.45) is 0 Å². The molecule has 0 saturated heterocycles. The van der Waals surface area contributed by atoms with Gasteiger partial charge in [0.2, 0.25) is 5.91 Å². The van der Waals surface area contributed by atoms with Gasteiger partial charge in [0.25, 0.3) is 0 Å². The molecule has 1 aliphatic heterocycles. The normalized spacial score (nSPS) is 14.4. The molecule has 0 aromatic heterocycles. The van der Waals surface area contributed by atoms with Crippen LogP contribution in [0.15, 0.2) is 36.4 Å². The molecule has 1 N–H and O–H groups in total. The van der Waals surface area contributed by atoms with Gasteiger partial charge in [0.15, 0.2) is 0 Å². The molecular weight excluding hydrogens is 331 g/mol. The highest BCUT2D eigenvalue weighted by Crippen LogP contribution is 2.32. The van der Waals surface area contributed by atoms with Crippen molar-refractivity contribution in [2.75, 3.05) is 18.4 Å². The van der Waals surface area contributed by atoms with Crippen molar-refractivity contribution in [3.63, 3.8) is 0 Å². The first-order valence-electron chi connectivity index (χ1n) is 7.58. The Kier molecular flexibility index (Phi) is 4.90. The molecule has 2 aromatic carbocycles. The Hall–Kier alpha value is -1.55. The average Bonchev–Trinajstić information content (AvgIpc) is 2.55. The predicted molar refractivity (Wildman–Crippen MR) is 95.3 cm³/mol. The number of hydrogen-bond donors (Lipinski definition) is 1. The predicted octanol–water partition coefficient (Wildman–Crippen LogP) is 4.30. The molecule has 1 heterocycles. The van der Waals surface area contributed by atoms with Crippen LogP contribution in [0.4, 0.5) is 5.69 Å². The maximum absolute atomic E-state index is 12.3. The number of hydrogen-bond acceptors (Lipinski definition) is 2. The Balaban J connectivity index is 1.66. The molecule has 3 rings (SSSR count). The Morgan fingerprint density at radius 2 is 1.91 bits per heavy atom. The van der Waals surface area contributed by atoms with Crippen LogP contribution in [0.2, 0.25) is 10.0 Å². The maximum atomic E-state index is 12.3. The van der Waals surface area contributed by atoms with Crippen molar-refractivity contribution >= 4 is 34.8 Å². The zero-order valence-electron chi connectivity index (χ0n) is 12.9. The van der Waals surface area contributed by atoms with Crippen molar-refractivity contribution in [2.45, 2.75) is 19.9 Å². The number of rotatable bonds is 3. The fourth-order valence-corrected chi connectivity index (χ4v) is 3.31. The van der Waals surface area contributed by atoms with Crippen LogP contribution in [0.25, 0.3) is 0 Å². The number of nitrogens with one attached hydrogen (secondary N) is 1. The standard InChI is InChI=1S/C18H18Cl2N2O/c1-12-6-7-15(19)18(17(12)20)21-16(23)11-22-9-8-13-4-2-3-5-14(13)10-22/h2-7H,8-11H2,1H3,(H,21,23). The lowest BCUT2D eigenvalue weighted by molar-refractivity contribution is -0.117. The summed E-state index contributed by atoms with van der Waals surface area (Å²) in [5.41, 5.74) is 4.04. The molecule has 5 heteroatoms. The van der Waals surface area contributed by atoms with Crippen LogP contribution in [0.5, 0.6) is 0 Å². The summed E-state index contributed by atoms with van der Waals surface area (Å²) < 4.78 is 0. The van der Waals surface area contributed by atoms with E-state index in [-0.39, 0.29) is 5.91 Å². The second kappa shape index (κ2) is 6.91. The van der Waals surface area contributed by atoms with Crippen LogP contribution < -0.4 is 5.32 Å². The number of benzene rings is 2. The number of carbonyl (C=O) groups is 1. The van der Waals surface area contributed by atoms with Crippen molar-refractivity contribution in [1.82, 2.24) is 4.90 Å². The highest BCUT2D eigenvalue weighted by molar-refractivity contribution is 6.40. The Morgan fingerprint density at radius 1 is 1.17 bits per heavy atom. The molecule has 0 spiro atoms. The highest BCUT2D eigenvalue weighted by Gasteiger charge is 2.19. The summed E-state index contributed by atoms with van der Waals surface area (Å²) in [6.07, 6.45) is 0.968. The molecule has 0 fully saturated rings. The van der Waals surface area contributed by atoms with Gasteiger partial charge in [-0.15, -0.1) is 0 Å². The van der Waals surface area contributed by atoms with E-state index in [1.165, 1.54) is 11.1 Å². The summed E-state index contributed by atoms with van der Waals surface area (Å²) in [6.45, 7) is 3.88. The first-order valence-corrected chi connectivity index (χ1v) is 8.34. The van der Waals surface area contributed by atoms with Gasteiger partial charge in [0, 0.05) is 13.1 Å². The van der Waals surface area contributed by atoms with Gasteiger partial charge < -0.3 is 5.32 Å². The number of amides is 1. The Labute approximate surface area is 146 Å². The molecule has 1 amide bonds. The number of aryl methyl sites for hydroxylation is 1. The molecule has 0 atom stereocenters. The van der Waals surface area contributed by atoms with Gasteiger partial charge in [-0.25, -0.2) is 0 Å². The molecule has 0 aliphatic carbocycles. The number of carbonyl (C=O) groups excluding carboxylic acids is 1. The third-order valence-electron chi connectivity index (χ3n) is 4.13. The molecule has 0 bridgehead atoms. The van der Waals surface area contributed by atoms with Crippen LogP contribution in [0.3, 0.4) is 0 Å². The second-order valence-electron chi connectivity index (χ2n) is 5.83. The van der Waals surface area contributed by atoms with Gasteiger partial charge in [-0.2, -0.15) is 0 Å². The highest BCUT2D eigenvalue weighted by atomic mass is 35.5. The third-order valence-corrected chi connectivity index (χ3v) is 4.93. The van der Waals surface area contributed by atoms with Gasteiger partial charge >= 0.3 is 0 Å². The molecule has 120 valence electrons. The van der Waals surface area contributed by atoms with Crippen LogP contribution >= 0.6 is 23.2 Å². The van der Waals surface area contributed by atoms with Crippen molar-refractivity contribution in [1.29, 1.82) is 0 Å². The van der Waals surface area contributed by atoms with E-state index in [0.717, 1.165) is 25.1 Å². The lowest BCUT2D eigenvalue weighted by Gasteiger charge is -2.28. The smallest absolute Gasteiger partial charge is 0.238 e. The minimum absolute atomic E-state index is 0.0984.